The van der Waals surface area contributed by atoms with Gasteiger partial charge in [-0.05, 0) is 51.1 Å². The first-order chi connectivity index (χ1) is 17.4. The van der Waals surface area contributed by atoms with Gasteiger partial charge in [0.15, 0.2) is 0 Å². The Morgan fingerprint density at radius 3 is 2.42 bits per heavy atom. The van der Waals surface area contributed by atoms with Gasteiger partial charge in [0.1, 0.15) is 40.6 Å². The fourth-order valence-corrected chi connectivity index (χ4v) is 4.33. The summed E-state index contributed by atoms with van der Waals surface area (Å²) >= 11 is 0. The molecule has 0 aliphatic carbocycles. The zero-order chi connectivity index (χ0) is 25.8. The minimum absolute atomic E-state index is 0.0747. The lowest BCUT2D eigenvalue weighted by Gasteiger charge is -2.24. The average Bonchev–Trinajstić information content (AvgIpc) is 3.41. The number of aliphatic hydroxyl groups excluding tert-OH is 1. The van der Waals surface area contributed by atoms with Crippen LogP contribution in [0.25, 0.3) is 5.76 Å². The number of nitrogens with zero attached hydrogens (tertiary/aromatic N) is 1. The van der Waals surface area contributed by atoms with Gasteiger partial charge >= 0.3 is 0 Å². The Balaban J connectivity index is 1.87. The summed E-state index contributed by atoms with van der Waals surface area (Å²) in [6, 6.07) is 14.7. The molecule has 1 unspecified atom stereocenters. The number of aryl methyl sites for hydroxylation is 1. The highest BCUT2D eigenvalue weighted by Gasteiger charge is 2.48. The van der Waals surface area contributed by atoms with Crippen molar-refractivity contribution in [3.63, 3.8) is 0 Å². The number of hydrogen-bond acceptors (Lipinski definition) is 7. The van der Waals surface area contributed by atoms with E-state index < -0.39 is 17.7 Å². The Morgan fingerprint density at radius 1 is 1.00 bits per heavy atom. The van der Waals surface area contributed by atoms with Crippen molar-refractivity contribution in [3.8, 4) is 17.2 Å². The smallest absolute Gasteiger partial charge is 0.296 e. The number of para-hydroxylation sites is 1. The third-order valence-corrected chi connectivity index (χ3v) is 5.92. The van der Waals surface area contributed by atoms with Crippen LogP contribution in [0.3, 0.4) is 0 Å². The van der Waals surface area contributed by atoms with Gasteiger partial charge in [-0.2, -0.15) is 0 Å². The quantitative estimate of drug-likeness (QED) is 0.255. The summed E-state index contributed by atoms with van der Waals surface area (Å²) in [7, 11) is 1.54. The van der Waals surface area contributed by atoms with Crippen molar-refractivity contribution in [2.45, 2.75) is 33.4 Å². The van der Waals surface area contributed by atoms with E-state index >= 15 is 0 Å². The minimum atomic E-state index is -0.940. The molecule has 8 nitrogen and oxygen atoms in total. The molecule has 2 aromatic carbocycles. The Morgan fingerprint density at radius 2 is 1.75 bits per heavy atom. The van der Waals surface area contributed by atoms with Crippen LogP contribution in [0.4, 0.5) is 0 Å². The number of Topliss-reactive ketones (excluding diaryl/α,β-unsaturated/α-hetero) is 1. The van der Waals surface area contributed by atoms with Crippen molar-refractivity contribution in [1.29, 1.82) is 0 Å². The number of hydrogen-bond donors (Lipinski definition) is 1. The van der Waals surface area contributed by atoms with Crippen LogP contribution in [-0.4, -0.2) is 42.0 Å². The fourth-order valence-electron chi connectivity index (χ4n) is 4.33. The van der Waals surface area contributed by atoms with E-state index in [-0.39, 0.29) is 23.4 Å². The van der Waals surface area contributed by atoms with Crippen LogP contribution in [0, 0.1) is 6.92 Å². The summed E-state index contributed by atoms with van der Waals surface area (Å²) in [4.78, 5) is 28.0. The van der Waals surface area contributed by atoms with Crippen molar-refractivity contribution in [3.05, 3.63) is 82.8 Å². The number of ether oxygens (including phenoxy) is 3. The molecule has 2 heterocycles. The molecular formula is C28H29NO7. The van der Waals surface area contributed by atoms with Crippen molar-refractivity contribution < 1.29 is 33.3 Å². The molecular weight excluding hydrogens is 462 g/mol. The van der Waals surface area contributed by atoms with Crippen molar-refractivity contribution in [2.24, 2.45) is 0 Å². The first kappa shape index (κ1) is 24.9. The van der Waals surface area contributed by atoms with Gasteiger partial charge in [-0.15, -0.1) is 0 Å². The number of amides is 1. The van der Waals surface area contributed by atoms with Crippen LogP contribution in [0.15, 0.2) is 64.6 Å². The maximum absolute atomic E-state index is 13.4. The highest BCUT2D eigenvalue weighted by molar-refractivity contribution is 6.46. The molecule has 1 fully saturated rings. The number of aliphatic hydroxyl groups is 1. The maximum Gasteiger partial charge on any atom is 0.296 e. The molecule has 1 amide bonds. The van der Waals surface area contributed by atoms with Gasteiger partial charge in [0, 0.05) is 11.6 Å². The number of benzene rings is 2. The van der Waals surface area contributed by atoms with Crippen LogP contribution in [0.1, 0.15) is 42.5 Å². The highest BCUT2D eigenvalue weighted by Crippen LogP contribution is 2.43. The Kier molecular flexibility index (Phi) is 7.33. The summed E-state index contributed by atoms with van der Waals surface area (Å²) in [6.45, 7) is 6.33. The minimum Gasteiger partial charge on any atom is -0.507 e. The van der Waals surface area contributed by atoms with Crippen molar-refractivity contribution >= 4 is 17.4 Å². The highest BCUT2D eigenvalue weighted by atomic mass is 16.5. The second kappa shape index (κ2) is 10.6. The van der Waals surface area contributed by atoms with Gasteiger partial charge in [0.2, 0.25) is 0 Å². The van der Waals surface area contributed by atoms with Gasteiger partial charge in [-0.3, -0.25) is 9.59 Å². The van der Waals surface area contributed by atoms with Gasteiger partial charge in [-0.1, -0.05) is 18.2 Å². The molecule has 8 heteroatoms. The molecule has 0 saturated carbocycles. The lowest BCUT2D eigenvalue weighted by molar-refractivity contribution is -0.140. The summed E-state index contributed by atoms with van der Waals surface area (Å²) in [5.74, 6) is 0.568. The van der Waals surface area contributed by atoms with Crippen LogP contribution < -0.4 is 14.2 Å². The number of furan rings is 1. The topological polar surface area (TPSA) is 98.4 Å². The number of carbonyl (C=O) groups is 2. The first-order valence-electron chi connectivity index (χ1n) is 11.8. The summed E-state index contributed by atoms with van der Waals surface area (Å²) in [5.41, 5.74) is 0.921. The van der Waals surface area contributed by atoms with Gasteiger partial charge in [0.25, 0.3) is 11.7 Å². The average molecular weight is 492 g/mol. The molecule has 1 N–H and O–H groups in total. The number of rotatable bonds is 9. The SMILES string of the molecule is CCOc1ccc(/C(O)=C2\C(=O)C(=O)N(Cc3ccccc3OC)C2c2ccc(C)o2)c(OCC)c1. The predicted molar refractivity (Wildman–Crippen MR) is 133 cm³/mol. The van der Waals surface area contributed by atoms with E-state index in [1.165, 1.54) is 4.90 Å². The second-order valence-electron chi connectivity index (χ2n) is 8.21. The number of carbonyl (C=O) groups excluding carboxylic acids is 2. The molecule has 1 aliphatic heterocycles. The third kappa shape index (κ3) is 4.66. The molecule has 36 heavy (non-hydrogen) atoms. The molecule has 1 atom stereocenters. The zero-order valence-corrected chi connectivity index (χ0v) is 20.7. The third-order valence-electron chi connectivity index (χ3n) is 5.92. The summed E-state index contributed by atoms with van der Waals surface area (Å²) < 4.78 is 22.6. The van der Waals surface area contributed by atoms with Gasteiger partial charge in [-0.25, -0.2) is 0 Å². The molecule has 1 aromatic heterocycles. The Bertz CT molecular complexity index is 1310. The standard InChI is InChI=1S/C28H29NO7/c1-5-34-19-12-13-20(23(15-19)35-6-2)26(30)24-25(22-14-11-17(3)36-22)29(28(32)27(24)31)16-18-9-7-8-10-21(18)33-4/h7-15,25,30H,5-6,16H2,1-4H3/b26-24+. The number of likely N-dealkylation sites (tertiary alicyclic amines) is 1. The Labute approximate surface area is 209 Å². The van der Waals surface area contributed by atoms with E-state index in [4.69, 9.17) is 18.6 Å². The number of methoxy groups -OCH3 is 1. The van der Waals surface area contributed by atoms with Crippen LogP contribution in [-0.2, 0) is 16.1 Å². The lowest BCUT2D eigenvalue weighted by atomic mass is 9.98. The lowest BCUT2D eigenvalue weighted by Crippen LogP contribution is -2.29. The molecule has 4 rings (SSSR count). The predicted octanol–water partition coefficient (Wildman–Crippen LogP) is 5.02. The largest absolute Gasteiger partial charge is 0.507 e. The van der Waals surface area contributed by atoms with E-state index in [9.17, 15) is 14.7 Å². The van der Waals surface area contributed by atoms with Crippen LogP contribution >= 0.6 is 0 Å². The monoisotopic (exact) mass is 491 g/mol. The van der Waals surface area contributed by atoms with E-state index in [1.807, 2.05) is 32.0 Å². The summed E-state index contributed by atoms with van der Waals surface area (Å²) in [6.07, 6.45) is 0. The fraction of sp³-hybridized carbons (Fsp3) is 0.286. The molecule has 0 bridgehead atoms. The molecule has 1 aliphatic rings. The van der Waals surface area contributed by atoms with E-state index in [1.54, 1.807) is 50.4 Å². The van der Waals surface area contributed by atoms with E-state index in [0.717, 1.165) is 0 Å². The first-order valence-corrected chi connectivity index (χ1v) is 11.8. The normalized spacial score (nSPS) is 16.9. The van der Waals surface area contributed by atoms with Gasteiger partial charge in [0.05, 0.1) is 38.0 Å². The van der Waals surface area contributed by atoms with Crippen LogP contribution in [0.5, 0.6) is 17.2 Å². The Hall–Kier alpha value is -4.20. The van der Waals surface area contributed by atoms with Crippen molar-refractivity contribution in [1.82, 2.24) is 4.90 Å². The van der Waals surface area contributed by atoms with Gasteiger partial charge < -0.3 is 28.6 Å². The van der Waals surface area contributed by atoms with Crippen LogP contribution in [0.2, 0.25) is 0 Å². The molecule has 3 aromatic rings. The molecule has 1 saturated heterocycles. The van der Waals surface area contributed by atoms with Crippen molar-refractivity contribution in [2.75, 3.05) is 20.3 Å². The molecule has 188 valence electrons. The molecule has 0 radical (unpaired) electrons. The molecule has 0 spiro atoms. The number of ketones is 1. The van der Waals surface area contributed by atoms with E-state index in [0.29, 0.717) is 47.5 Å². The van der Waals surface area contributed by atoms with E-state index in [2.05, 4.69) is 0 Å². The zero-order valence-electron chi connectivity index (χ0n) is 20.7. The maximum atomic E-state index is 13.4. The second-order valence-corrected chi connectivity index (χ2v) is 8.21. The summed E-state index contributed by atoms with van der Waals surface area (Å²) in [5, 5.41) is 11.5.